The molecule has 0 amide bonds. The van der Waals surface area contributed by atoms with Crippen LogP contribution in [0.3, 0.4) is 0 Å². The molecule has 14 heavy (non-hydrogen) atoms. The lowest BCUT2D eigenvalue weighted by Gasteiger charge is -2.21. The summed E-state index contributed by atoms with van der Waals surface area (Å²) in [7, 11) is 0. The third kappa shape index (κ3) is 2.69. The predicted molar refractivity (Wildman–Crippen MR) is 56.0 cm³/mol. The first-order valence-corrected chi connectivity index (χ1v) is 4.99. The van der Waals surface area contributed by atoms with Crippen LogP contribution in [0.2, 0.25) is 5.02 Å². The Morgan fingerprint density at radius 1 is 1.50 bits per heavy atom. The van der Waals surface area contributed by atoms with E-state index in [2.05, 4.69) is 0 Å². The molecule has 1 rings (SSSR count). The highest BCUT2D eigenvalue weighted by atomic mass is 35.5. The van der Waals surface area contributed by atoms with E-state index < -0.39 is 11.4 Å². The van der Waals surface area contributed by atoms with Gasteiger partial charge in [0.25, 0.3) is 0 Å². The molecule has 0 saturated carbocycles. The standard InChI is InChI=1S/C11H14ClFO/c1-3-11(2,14)7-8-5-4-6-9(13)10(8)12/h4-6,14H,3,7H2,1-2H3. The van der Waals surface area contributed by atoms with Crippen LogP contribution in [0.5, 0.6) is 0 Å². The van der Waals surface area contributed by atoms with Crippen molar-refractivity contribution in [2.45, 2.75) is 32.3 Å². The highest BCUT2D eigenvalue weighted by Crippen LogP contribution is 2.25. The molecule has 0 aromatic heterocycles. The maximum absolute atomic E-state index is 13.0. The van der Waals surface area contributed by atoms with Crippen molar-refractivity contribution in [1.82, 2.24) is 0 Å². The largest absolute Gasteiger partial charge is 0.390 e. The van der Waals surface area contributed by atoms with Crippen molar-refractivity contribution < 1.29 is 9.50 Å². The summed E-state index contributed by atoms with van der Waals surface area (Å²) in [5, 5.41) is 9.92. The van der Waals surface area contributed by atoms with Crippen LogP contribution in [0.1, 0.15) is 25.8 Å². The third-order valence-corrected chi connectivity index (χ3v) is 2.79. The molecule has 0 spiro atoms. The Morgan fingerprint density at radius 2 is 2.14 bits per heavy atom. The minimum Gasteiger partial charge on any atom is -0.390 e. The summed E-state index contributed by atoms with van der Waals surface area (Å²) in [4.78, 5) is 0. The maximum atomic E-state index is 13.0. The molecule has 1 aromatic rings. The average Bonchev–Trinajstić information content (AvgIpc) is 2.13. The number of aliphatic hydroxyl groups is 1. The van der Waals surface area contributed by atoms with Gasteiger partial charge in [-0.1, -0.05) is 30.7 Å². The molecule has 1 unspecified atom stereocenters. The molecule has 1 N–H and O–H groups in total. The zero-order chi connectivity index (χ0) is 10.8. The van der Waals surface area contributed by atoms with Crippen molar-refractivity contribution in [3.63, 3.8) is 0 Å². The zero-order valence-corrected chi connectivity index (χ0v) is 9.11. The van der Waals surface area contributed by atoms with E-state index >= 15 is 0 Å². The van der Waals surface area contributed by atoms with Crippen molar-refractivity contribution in [3.8, 4) is 0 Å². The maximum Gasteiger partial charge on any atom is 0.142 e. The Morgan fingerprint density at radius 3 is 2.71 bits per heavy atom. The second-order valence-corrected chi connectivity index (χ2v) is 4.12. The van der Waals surface area contributed by atoms with E-state index in [0.717, 1.165) is 0 Å². The van der Waals surface area contributed by atoms with Gasteiger partial charge in [-0.05, 0) is 25.0 Å². The van der Waals surface area contributed by atoms with Crippen LogP contribution in [0.15, 0.2) is 18.2 Å². The molecular weight excluding hydrogens is 203 g/mol. The molecule has 1 atom stereocenters. The molecule has 0 aliphatic carbocycles. The van der Waals surface area contributed by atoms with E-state index in [9.17, 15) is 9.50 Å². The van der Waals surface area contributed by atoms with Gasteiger partial charge in [-0.15, -0.1) is 0 Å². The molecule has 0 bridgehead atoms. The van der Waals surface area contributed by atoms with E-state index in [1.165, 1.54) is 6.07 Å². The van der Waals surface area contributed by atoms with Crippen LogP contribution in [-0.2, 0) is 6.42 Å². The molecule has 3 heteroatoms. The molecule has 0 saturated heterocycles. The summed E-state index contributed by atoms with van der Waals surface area (Å²) >= 11 is 5.77. The first-order chi connectivity index (χ1) is 6.46. The SMILES string of the molecule is CCC(C)(O)Cc1cccc(F)c1Cl. The molecule has 0 heterocycles. The lowest BCUT2D eigenvalue weighted by molar-refractivity contribution is 0.0564. The van der Waals surface area contributed by atoms with Crippen molar-refractivity contribution >= 4 is 11.6 Å². The van der Waals surface area contributed by atoms with Gasteiger partial charge in [-0.25, -0.2) is 4.39 Å². The second-order valence-electron chi connectivity index (χ2n) is 3.74. The van der Waals surface area contributed by atoms with Crippen molar-refractivity contribution in [2.75, 3.05) is 0 Å². The first-order valence-electron chi connectivity index (χ1n) is 4.61. The van der Waals surface area contributed by atoms with Crippen LogP contribution in [0.25, 0.3) is 0 Å². The molecule has 1 aromatic carbocycles. The summed E-state index contributed by atoms with van der Waals surface area (Å²) < 4.78 is 13.0. The summed E-state index contributed by atoms with van der Waals surface area (Å²) in [6.07, 6.45) is 0.986. The number of benzene rings is 1. The fourth-order valence-corrected chi connectivity index (χ4v) is 1.41. The van der Waals surface area contributed by atoms with E-state index in [1.54, 1.807) is 19.1 Å². The Bertz CT molecular complexity index is 323. The first kappa shape index (κ1) is 11.5. The predicted octanol–water partition coefficient (Wildman–Crippen LogP) is 3.18. The smallest absolute Gasteiger partial charge is 0.142 e. The van der Waals surface area contributed by atoms with E-state index in [4.69, 9.17) is 11.6 Å². The Labute approximate surface area is 88.5 Å². The monoisotopic (exact) mass is 216 g/mol. The fourth-order valence-electron chi connectivity index (χ4n) is 1.22. The summed E-state index contributed by atoms with van der Waals surface area (Å²) in [6.45, 7) is 3.60. The summed E-state index contributed by atoms with van der Waals surface area (Å²) in [5.41, 5.74) is -0.171. The summed E-state index contributed by atoms with van der Waals surface area (Å²) in [5.74, 6) is -0.434. The van der Waals surface area contributed by atoms with Crippen molar-refractivity contribution in [2.24, 2.45) is 0 Å². The van der Waals surface area contributed by atoms with Crippen LogP contribution >= 0.6 is 11.6 Å². The molecule has 0 aliphatic heterocycles. The lowest BCUT2D eigenvalue weighted by atomic mass is 9.94. The van der Waals surface area contributed by atoms with E-state index in [1.807, 2.05) is 6.92 Å². The number of halogens is 2. The molecule has 0 aliphatic rings. The Balaban J connectivity index is 2.92. The van der Waals surface area contributed by atoms with E-state index in [-0.39, 0.29) is 5.02 Å². The topological polar surface area (TPSA) is 20.2 Å². The zero-order valence-electron chi connectivity index (χ0n) is 8.35. The molecule has 1 nitrogen and oxygen atoms in total. The van der Waals surface area contributed by atoms with Gasteiger partial charge in [-0.2, -0.15) is 0 Å². The number of rotatable bonds is 3. The van der Waals surface area contributed by atoms with Crippen LogP contribution in [0, 0.1) is 5.82 Å². The van der Waals surface area contributed by atoms with Gasteiger partial charge in [0, 0.05) is 6.42 Å². The number of hydrogen-bond donors (Lipinski definition) is 1. The minimum absolute atomic E-state index is 0.112. The summed E-state index contributed by atoms with van der Waals surface area (Å²) in [6, 6.07) is 4.64. The van der Waals surface area contributed by atoms with Gasteiger partial charge in [0.2, 0.25) is 0 Å². The third-order valence-electron chi connectivity index (χ3n) is 2.36. The molecule has 0 fully saturated rings. The Hall–Kier alpha value is -0.600. The highest BCUT2D eigenvalue weighted by Gasteiger charge is 2.20. The van der Waals surface area contributed by atoms with Gasteiger partial charge in [0.15, 0.2) is 0 Å². The quantitative estimate of drug-likeness (QED) is 0.823. The van der Waals surface area contributed by atoms with E-state index in [0.29, 0.717) is 18.4 Å². The lowest BCUT2D eigenvalue weighted by Crippen LogP contribution is -2.26. The average molecular weight is 217 g/mol. The van der Waals surface area contributed by atoms with Gasteiger partial charge in [0.05, 0.1) is 10.6 Å². The normalized spacial score (nSPS) is 15.2. The molecule has 78 valence electrons. The minimum atomic E-state index is -0.822. The van der Waals surface area contributed by atoms with Gasteiger partial charge in [-0.3, -0.25) is 0 Å². The van der Waals surface area contributed by atoms with Gasteiger partial charge < -0.3 is 5.11 Å². The molecule has 0 radical (unpaired) electrons. The highest BCUT2D eigenvalue weighted by molar-refractivity contribution is 6.31. The number of hydrogen-bond acceptors (Lipinski definition) is 1. The second kappa shape index (κ2) is 4.28. The fraction of sp³-hybridized carbons (Fsp3) is 0.455. The van der Waals surface area contributed by atoms with Crippen LogP contribution < -0.4 is 0 Å². The van der Waals surface area contributed by atoms with Crippen molar-refractivity contribution in [1.29, 1.82) is 0 Å². The molecular formula is C11H14ClFO. The van der Waals surface area contributed by atoms with Crippen LogP contribution in [0.4, 0.5) is 4.39 Å². The van der Waals surface area contributed by atoms with Gasteiger partial charge >= 0.3 is 0 Å². The van der Waals surface area contributed by atoms with Crippen LogP contribution in [-0.4, -0.2) is 10.7 Å². The van der Waals surface area contributed by atoms with Crippen molar-refractivity contribution in [3.05, 3.63) is 34.6 Å². The van der Waals surface area contributed by atoms with Gasteiger partial charge in [0.1, 0.15) is 5.82 Å². The Kier molecular flexibility index (Phi) is 3.51.